The summed E-state index contributed by atoms with van der Waals surface area (Å²) in [5.41, 5.74) is 1.35. The third kappa shape index (κ3) is 4.19. The molecule has 0 unspecified atom stereocenters. The Labute approximate surface area is 181 Å². The van der Waals surface area contributed by atoms with Crippen molar-refractivity contribution in [3.8, 4) is 11.5 Å². The Hall–Kier alpha value is -3.54. The number of amides is 2. The van der Waals surface area contributed by atoms with Crippen molar-refractivity contribution in [2.75, 3.05) is 32.6 Å². The van der Waals surface area contributed by atoms with E-state index in [1.165, 1.54) is 14.2 Å². The van der Waals surface area contributed by atoms with Gasteiger partial charge in [0.25, 0.3) is 11.8 Å². The lowest BCUT2D eigenvalue weighted by molar-refractivity contribution is 0.0725. The molecule has 6 heteroatoms. The second-order valence-electron chi connectivity index (χ2n) is 7.59. The molecule has 160 valence electrons. The van der Waals surface area contributed by atoms with Crippen LogP contribution in [-0.4, -0.2) is 44.0 Å². The van der Waals surface area contributed by atoms with Gasteiger partial charge in [-0.2, -0.15) is 0 Å². The third-order valence-electron chi connectivity index (χ3n) is 5.68. The predicted molar refractivity (Wildman–Crippen MR) is 121 cm³/mol. The highest BCUT2D eigenvalue weighted by Gasteiger charge is 2.24. The van der Waals surface area contributed by atoms with Gasteiger partial charge >= 0.3 is 0 Å². The summed E-state index contributed by atoms with van der Waals surface area (Å²) in [5.74, 6) is 0.502. The lowest BCUT2D eigenvalue weighted by Gasteiger charge is -2.28. The second-order valence-corrected chi connectivity index (χ2v) is 7.59. The maximum absolute atomic E-state index is 13.3. The minimum Gasteiger partial charge on any atom is -0.493 e. The van der Waals surface area contributed by atoms with Gasteiger partial charge in [0.05, 0.1) is 25.5 Å². The monoisotopic (exact) mass is 418 g/mol. The molecule has 0 bridgehead atoms. The van der Waals surface area contributed by atoms with E-state index in [1.54, 1.807) is 18.2 Å². The summed E-state index contributed by atoms with van der Waals surface area (Å²) in [7, 11) is 3.06. The first-order valence-corrected chi connectivity index (χ1v) is 10.5. The van der Waals surface area contributed by atoms with Crippen molar-refractivity contribution in [3.63, 3.8) is 0 Å². The number of fused-ring (bicyclic) bond motifs is 1. The zero-order valence-corrected chi connectivity index (χ0v) is 17.8. The number of methoxy groups -OCH3 is 2. The molecule has 0 radical (unpaired) electrons. The molecule has 6 nitrogen and oxygen atoms in total. The van der Waals surface area contributed by atoms with Gasteiger partial charge in [-0.25, -0.2) is 0 Å². The van der Waals surface area contributed by atoms with Crippen molar-refractivity contribution < 1.29 is 19.1 Å². The number of benzene rings is 3. The van der Waals surface area contributed by atoms with Crippen LogP contribution in [0.4, 0.5) is 5.69 Å². The van der Waals surface area contributed by atoms with Gasteiger partial charge in [0.2, 0.25) is 0 Å². The van der Waals surface area contributed by atoms with Gasteiger partial charge in [0, 0.05) is 24.7 Å². The number of anilines is 1. The molecule has 0 aromatic heterocycles. The number of ether oxygens (including phenoxy) is 2. The van der Waals surface area contributed by atoms with Crippen molar-refractivity contribution >= 4 is 28.3 Å². The lowest BCUT2D eigenvalue weighted by Crippen LogP contribution is -2.36. The summed E-state index contributed by atoms with van der Waals surface area (Å²) in [6.45, 7) is 1.42. The number of likely N-dealkylation sites (tertiary alicyclic amines) is 1. The number of piperidine rings is 1. The molecule has 1 N–H and O–H groups in total. The van der Waals surface area contributed by atoms with Crippen molar-refractivity contribution in [2.45, 2.75) is 19.3 Å². The molecule has 1 saturated heterocycles. The molecule has 0 spiro atoms. The fraction of sp³-hybridized carbons (Fsp3) is 0.280. The van der Waals surface area contributed by atoms with Crippen LogP contribution in [0, 0.1) is 0 Å². The van der Waals surface area contributed by atoms with E-state index in [-0.39, 0.29) is 11.8 Å². The average molecular weight is 418 g/mol. The van der Waals surface area contributed by atoms with E-state index in [9.17, 15) is 9.59 Å². The SMILES string of the molecule is COc1cc(NC(=O)c2cccc3ccccc23)c(C(=O)N2CCCCC2)cc1OC. The van der Waals surface area contributed by atoms with Crippen LogP contribution in [0.15, 0.2) is 54.6 Å². The molecule has 3 aromatic rings. The van der Waals surface area contributed by atoms with Crippen LogP contribution >= 0.6 is 0 Å². The van der Waals surface area contributed by atoms with Crippen molar-refractivity contribution in [3.05, 3.63) is 65.7 Å². The van der Waals surface area contributed by atoms with E-state index < -0.39 is 0 Å². The first kappa shape index (κ1) is 20.7. The molecule has 1 aliphatic rings. The van der Waals surface area contributed by atoms with E-state index >= 15 is 0 Å². The Morgan fingerprint density at radius 3 is 2.26 bits per heavy atom. The van der Waals surface area contributed by atoms with Crippen LogP contribution in [0.5, 0.6) is 11.5 Å². The maximum Gasteiger partial charge on any atom is 0.256 e. The molecule has 1 fully saturated rings. The highest BCUT2D eigenvalue weighted by molar-refractivity contribution is 6.15. The first-order valence-electron chi connectivity index (χ1n) is 10.5. The smallest absolute Gasteiger partial charge is 0.256 e. The number of hydrogen-bond donors (Lipinski definition) is 1. The third-order valence-corrected chi connectivity index (χ3v) is 5.68. The Kier molecular flexibility index (Phi) is 6.07. The van der Waals surface area contributed by atoms with Crippen LogP contribution in [0.25, 0.3) is 10.8 Å². The number of rotatable bonds is 5. The zero-order chi connectivity index (χ0) is 21.8. The molecule has 0 saturated carbocycles. The van der Waals surface area contributed by atoms with Crippen LogP contribution in [0.3, 0.4) is 0 Å². The Morgan fingerprint density at radius 2 is 1.52 bits per heavy atom. The van der Waals surface area contributed by atoms with Gasteiger partial charge < -0.3 is 19.7 Å². The summed E-state index contributed by atoms with van der Waals surface area (Å²) in [6, 6.07) is 16.6. The molecule has 1 aliphatic heterocycles. The van der Waals surface area contributed by atoms with Gasteiger partial charge in [-0.05, 0) is 42.2 Å². The van der Waals surface area contributed by atoms with Crippen molar-refractivity contribution in [2.24, 2.45) is 0 Å². The van der Waals surface area contributed by atoms with Gasteiger partial charge in [-0.15, -0.1) is 0 Å². The Balaban J connectivity index is 1.73. The summed E-state index contributed by atoms with van der Waals surface area (Å²) in [5, 5.41) is 4.78. The molecule has 3 aromatic carbocycles. The van der Waals surface area contributed by atoms with E-state index in [4.69, 9.17) is 9.47 Å². The molecule has 0 atom stereocenters. The standard InChI is InChI=1S/C25H26N2O4/c1-30-22-15-20(25(29)27-13-6-3-7-14-27)21(16-23(22)31-2)26-24(28)19-12-8-10-17-9-4-5-11-18(17)19/h4-5,8-12,15-16H,3,6-7,13-14H2,1-2H3,(H,26,28). The largest absolute Gasteiger partial charge is 0.493 e. The molecule has 4 rings (SSSR count). The van der Waals surface area contributed by atoms with Crippen LogP contribution in [0.1, 0.15) is 40.0 Å². The normalized spacial score (nSPS) is 13.7. The molecule has 0 aliphatic carbocycles. The summed E-state index contributed by atoms with van der Waals surface area (Å²) < 4.78 is 10.8. The number of carbonyl (C=O) groups is 2. The Bertz CT molecular complexity index is 1110. The zero-order valence-electron chi connectivity index (χ0n) is 17.8. The van der Waals surface area contributed by atoms with Crippen LogP contribution in [0.2, 0.25) is 0 Å². The average Bonchev–Trinajstić information content (AvgIpc) is 2.83. The molecular formula is C25H26N2O4. The Morgan fingerprint density at radius 1 is 0.839 bits per heavy atom. The van der Waals surface area contributed by atoms with E-state index in [1.807, 2.05) is 41.3 Å². The van der Waals surface area contributed by atoms with Gasteiger partial charge in [0.15, 0.2) is 11.5 Å². The van der Waals surface area contributed by atoms with Crippen molar-refractivity contribution in [1.29, 1.82) is 0 Å². The summed E-state index contributed by atoms with van der Waals surface area (Å²) >= 11 is 0. The number of hydrogen-bond acceptors (Lipinski definition) is 4. The highest BCUT2D eigenvalue weighted by atomic mass is 16.5. The van der Waals surface area contributed by atoms with Gasteiger partial charge in [-0.3, -0.25) is 9.59 Å². The van der Waals surface area contributed by atoms with Crippen LogP contribution in [-0.2, 0) is 0 Å². The summed E-state index contributed by atoms with van der Waals surface area (Å²) in [6.07, 6.45) is 3.09. The first-order chi connectivity index (χ1) is 15.1. The van der Waals surface area contributed by atoms with Gasteiger partial charge in [-0.1, -0.05) is 36.4 Å². The quantitative estimate of drug-likeness (QED) is 0.650. The van der Waals surface area contributed by atoms with E-state index in [0.29, 0.717) is 41.4 Å². The van der Waals surface area contributed by atoms with Crippen molar-refractivity contribution in [1.82, 2.24) is 4.90 Å². The lowest BCUT2D eigenvalue weighted by atomic mass is 10.0. The number of nitrogens with zero attached hydrogens (tertiary/aromatic N) is 1. The van der Waals surface area contributed by atoms with E-state index in [0.717, 1.165) is 30.0 Å². The van der Waals surface area contributed by atoms with E-state index in [2.05, 4.69) is 5.32 Å². The molecule has 1 heterocycles. The van der Waals surface area contributed by atoms with Crippen LogP contribution < -0.4 is 14.8 Å². The fourth-order valence-corrected chi connectivity index (χ4v) is 4.04. The fourth-order valence-electron chi connectivity index (χ4n) is 4.04. The second kappa shape index (κ2) is 9.08. The molecular weight excluding hydrogens is 392 g/mol. The predicted octanol–water partition coefficient (Wildman–Crippen LogP) is 4.74. The highest BCUT2D eigenvalue weighted by Crippen LogP contribution is 2.35. The maximum atomic E-state index is 13.3. The minimum absolute atomic E-state index is 0.117. The van der Waals surface area contributed by atoms with Gasteiger partial charge in [0.1, 0.15) is 0 Å². The number of carbonyl (C=O) groups excluding carboxylic acids is 2. The molecule has 31 heavy (non-hydrogen) atoms. The topological polar surface area (TPSA) is 67.9 Å². The molecule has 2 amide bonds. The number of nitrogens with one attached hydrogen (secondary N) is 1. The minimum atomic E-state index is -0.281. The summed E-state index contributed by atoms with van der Waals surface area (Å²) in [4.78, 5) is 28.4.